The van der Waals surface area contributed by atoms with Gasteiger partial charge in [-0.25, -0.2) is 30.2 Å². The number of aliphatic hydroxyl groups is 1. The number of fused-ring (bicyclic) bond motifs is 3. The Kier molecular flexibility index (Phi) is 15.3. The fraction of sp³-hybridized carbons (Fsp3) is 0.167. The van der Waals surface area contributed by atoms with Gasteiger partial charge in [-0.3, -0.25) is 14.4 Å². The summed E-state index contributed by atoms with van der Waals surface area (Å²) in [6, 6.07) is 58.7. The van der Waals surface area contributed by atoms with Crippen LogP contribution >= 0.6 is 11.8 Å². The van der Waals surface area contributed by atoms with E-state index in [0.29, 0.717) is 11.3 Å². The van der Waals surface area contributed by atoms with E-state index in [2.05, 4.69) is 64.8 Å². The molecule has 0 atom stereocenters. The molecule has 81 heavy (non-hydrogen) atoms. The Morgan fingerprint density at radius 1 is 0.494 bits per heavy atom. The number of nitrogens with zero attached hydrogens (tertiary/aromatic N) is 4. The topological polar surface area (TPSA) is 166 Å². The molecule has 0 radical (unpaired) electrons. The Morgan fingerprint density at radius 3 is 1.53 bits per heavy atom. The molecule has 0 fully saturated rings. The van der Waals surface area contributed by atoms with Crippen molar-refractivity contribution in [3.05, 3.63) is 217 Å². The fourth-order valence-corrected chi connectivity index (χ4v) is 12.1. The molecule has 0 unspecified atom stereocenters. The third-order valence-electron chi connectivity index (χ3n) is 15.3. The van der Waals surface area contributed by atoms with Gasteiger partial charge in [0.25, 0.3) is 0 Å². The van der Waals surface area contributed by atoms with Gasteiger partial charge in [0.2, 0.25) is 0 Å². The van der Waals surface area contributed by atoms with Gasteiger partial charge in [-0.2, -0.15) is 0 Å². The number of rotatable bonds is 13. The van der Waals surface area contributed by atoms with Gasteiger partial charge in [0.1, 0.15) is 5.65 Å². The maximum absolute atomic E-state index is 12.8. The second-order valence-electron chi connectivity index (χ2n) is 21.2. The van der Waals surface area contributed by atoms with Crippen molar-refractivity contribution in [3.63, 3.8) is 0 Å². The number of pyridine rings is 3. The van der Waals surface area contributed by atoms with Crippen molar-refractivity contribution >= 4 is 68.7 Å². The van der Waals surface area contributed by atoms with E-state index in [4.69, 9.17) is 4.98 Å². The highest BCUT2D eigenvalue weighted by atomic mass is 32.2. The van der Waals surface area contributed by atoms with Crippen molar-refractivity contribution in [2.45, 2.75) is 53.6 Å². The van der Waals surface area contributed by atoms with Crippen molar-refractivity contribution in [1.29, 1.82) is 0 Å². The third-order valence-corrected chi connectivity index (χ3v) is 21.4. The first kappa shape index (κ1) is 56.5. The first-order valence-electron chi connectivity index (χ1n) is 26.0. The maximum atomic E-state index is 12.8. The Hall–Kier alpha value is -7.79. The van der Waals surface area contributed by atoms with Crippen LogP contribution in [0.5, 0.6) is 0 Å². The predicted molar refractivity (Wildman–Crippen MR) is 331 cm³/mol. The molecule has 11 rings (SSSR count). The number of hydrogen-bond donors (Lipinski definition) is 1. The summed E-state index contributed by atoms with van der Waals surface area (Å²) in [6.07, 6.45) is 11.2. The second kappa shape index (κ2) is 21.9. The molecule has 0 aliphatic heterocycles. The van der Waals surface area contributed by atoms with Crippen LogP contribution in [0.2, 0.25) is 0 Å². The minimum atomic E-state index is -3.41. The summed E-state index contributed by atoms with van der Waals surface area (Å²) in [5.41, 5.74) is 15.6. The van der Waals surface area contributed by atoms with Crippen LogP contribution in [0.4, 0.5) is 0 Å². The molecule has 0 saturated carbocycles. The van der Waals surface area contributed by atoms with Crippen LogP contribution in [0.25, 0.3) is 94.5 Å². The Morgan fingerprint density at radius 2 is 1.01 bits per heavy atom. The molecule has 11 nitrogen and oxygen atoms in total. The van der Waals surface area contributed by atoms with Crippen LogP contribution in [0.15, 0.2) is 210 Å². The highest BCUT2D eigenvalue weighted by Crippen LogP contribution is 2.42. The number of aliphatic hydroxyl groups excluding tert-OH is 1. The van der Waals surface area contributed by atoms with Gasteiger partial charge in [-0.15, -0.1) is 11.8 Å². The van der Waals surface area contributed by atoms with Crippen LogP contribution in [-0.2, 0) is 45.6 Å². The normalized spacial score (nSPS) is 12.4. The van der Waals surface area contributed by atoms with E-state index in [1.165, 1.54) is 23.7 Å². The molecule has 11 aromatic rings. The molecule has 0 saturated heterocycles. The van der Waals surface area contributed by atoms with Crippen molar-refractivity contribution < 1.29 is 30.4 Å². The second-order valence-corrected chi connectivity index (χ2v) is 29.3. The van der Waals surface area contributed by atoms with Crippen LogP contribution in [0.3, 0.4) is 0 Å². The zero-order valence-corrected chi connectivity index (χ0v) is 49.3. The summed E-state index contributed by atoms with van der Waals surface area (Å²) in [5, 5.41) is 11.6. The van der Waals surface area contributed by atoms with Crippen LogP contribution < -0.4 is 0 Å². The summed E-state index contributed by atoms with van der Waals surface area (Å²) in [5.74, 6) is 0. The molecule has 410 valence electrons. The summed E-state index contributed by atoms with van der Waals surface area (Å²) >= 11 is 1.70. The molecule has 0 spiro atoms. The lowest BCUT2D eigenvalue weighted by molar-refractivity contribution is 0.282. The van der Waals surface area contributed by atoms with Crippen LogP contribution in [0.1, 0.15) is 44.4 Å². The molecule has 0 aliphatic rings. The molecular weight excluding hydrogens is 1090 g/mol. The van der Waals surface area contributed by atoms with Crippen molar-refractivity contribution in [2.75, 3.05) is 25.0 Å². The van der Waals surface area contributed by atoms with Gasteiger partial charge in [-0.1, -0.05) is 91.0 Å². The lowest BCUT2D eigenvalue weighted by Gasteiger charge is -2.24. The van der Waals surface area contributed by atoms with E-state index in [0.717, 1.165) is 99.9 Å². The lowest BCUT2D eigenvalue weighted by Crippen LogP contribution is -2.28. The van der Waals surface area contributed by atoms with E-state index >= 15 is 0 Å². The number of benzene rings is 7. The van der Waals surface area contributed by atoms with Gasteiger partial charge in [-0.05, 0) is 175 Å². The largest absolute Gasteiger partial charge is 0.392 e. The van der Waals surface area contributed by atoms with Crippen molar-refractivity contribution in [1.82, 2.24) is 19.4 Å². The predicted octanol–water partition coefficient (Wildman–Crippen LogP) is 14.3. The molecule has 0 bridgehead atoms. The zero-order valence-electron chi connectivity index (χ0n) is 46.1. The third kappa shape index (κ3) is 11.2. The first-order valence-corrected chi connectivity index (χ1v) is 32.9. The molecule has 0 aliphatic carbocycles. The fourth-order valence-electron chi connectivity index (χ4n) is 9.92. The molecule has 1 N–H and O–H groups in total. The summed E-state index contributed by atoms with van der Waals surface area (Å²) < 4.78 is 74.9. The average molecular weight is 1150 g/mol. The maximum Gasteiger partial charge on any atom is 0.175 e. The first-order chi connectivity index (χ1) is 38.5. The highest BCUT2D eigenvalue weighted by Gasteiger charge is 2.34. The van der Waals surface area contributed by atoms with E-state index in [9.17, 15) is 30.4 Å². The number of aromatic nitrogens is 4. The molecule has 0 amide bonds. The monoisotopic (exact) mass is 1150 g/mol. The van der Waals surface area contributed by atoms with E-state index in [1.54, 1.807) is 76.1 Å². The Balaban J connectivity index is 0.000000182. The average Bonchev–Trinajstić information content (AvgIpc) is 4.02. The lowest BCUT2D eigenvalue weighted by atomic mass is 9.89. The molecule has 7 aromatic carbocycles. The Labute approximate surface area is 478 Å². The van der Waals surface area contributed by atoms with Gasteiger partial charge in [0, 0.05) is 75.3 Å². The number of thioether (sulfide) groups is 1. The molecular formula is C66H60N4O7S4. The summed E-state index contributed by atoms with van der Waals surface area (Å²) in [6.45, 7) is 6.91. The standard InChI is InChI=1S/C33H29N3O4S2.C33H31NO3S2/c1-33(2,42(4,39)40)26-20-24-11-8-17-34-30(24)28(21-26)23-9-7-10-25(19-23)32-31(35-29-12-5-6-18-36(29)32)22-13-15-27(16-14-22)41(3,37)38;1-33(2,39(4,36)37)27-19-26-9-6-16-34-32(26)31(20-27)25-8-5-7-24(18-25)29-15-10-22(21-35)17-30(29)23-11-13-28(38-3)14-12-23/h5-21H,1-4H3;5-20,35H,21H2,1-4H3. The highest BCUT2D eigenvalue weighted by molar-refractivity contribution is 7.98. The van der Waals surface area contributed by atoms with Gasteiger partial charge < -0.3 is 5.11 Å². The van der Waals surface area contributed by atoms with Gasteiger partial charge >= 0.3 is 0 Å². The molecule has 4 aromatic heterocycles. The zero-order chi connectivity index (χ0) is 57.6. The van der Waals surface area contributed by atoms with Crippen LogP contribution in [0, 0.1) is 0 Å². The summed E-state index contributed by atoms with van der Waals surface area (Å²) in [4.78, 5) is 15.7. The minimum Gasteiger partial charge on any atom is -0.392 e. The van der Waals surface area contributed by atoms with Gasteiger partial charge in [0.05, 0.1) is 43.4 Å². The van der Waals surface area contributed by atoms with E-state index in [-0.39, 0.29) is 11.5 Å². The molecule has 15 heteroatoms. The van der Waals surface area contributed by atoms with Crippen LogP contribution in [-0.4, -0.2) is 74.7 Å². The van der Waals surface area contributed by atoms with E-state index < -0.39 is 39.0 Å². The van der Waals surface area contributed by atoms with Gasteiger partial charge in [0.15, 0.2) is 29.5 Å². The quantitative estimate of drug-likeness (QED) is 0.109. The molecule has 4 heterocycles. The number of hydrogen-bond acceptors (Lipinski definition) is 11. The number of imidazole rings is 1. The minimum absolute atomic E-state index is 0.0310. The SMILES string of the molecule is CC(C)(c1cc(-c2cccc(-c3c(-c4ccc(S(C)(=O)=O)cc4)nc4ccccn34)c2)c2ncccc2c1)S(C)(=O)=O.CSc1ccc(-c2cc(CO)ccc2-c2cccc(-c3cc(C(C)(C)S(C)(=O)=O)cc4cccnc34)c2)cc1. The number of sulfone groups is 3. The van der Waals surface area contributed by atoms with Crippen molar-refractivity contribution in [3.8, 4) is 67.0 Å². The van der Waals surface area contributed by atoms with E-state index in [1.807, 2.05) is 120 Å². The van der Waals surface area contributed by atoms with Crippen molar-refractivity contribution in [2.24, 2.45) is 0 Å². The Bertz CT molecular complexity index is 4580. The smallest absolute Gasteiger partial charge is 0.175 e. The summed E-state index contributed by atoms with van der Waals surface area (Å²) in [7, 11) is -10.1.